The smallest absolute Gasteiger partial charge is 0.135 e. The predicted molar refractivity (Wildman–Crippen MR) is 150 cm³/mol. The van der Waals surface area contributed by atoms with Crippen molar-refractivity contribution >= 4 is 43.6 Å². The van der Waals surface area contributed by atoms with E-state index in [0.29, 0.717) is 0 Å². The first-order valence-corrected chi connectivity index (χ1v) is 12.5. The van der Waals surface area contributed by atoms with Crippen molar-refractivity contribution in [2.45, 2.75) is 19.3 Å². The lowest BCUT2D eigenvalue weighted by Gasteiger charge is -2.24. The lowest BCUT2D eigenvalue weighted by molar-refractivity contribution is 0.648. The Kier molecular flexibility index (Phi) is 3.76. The molecule has 0 spiro atoms. The summed E-state index contributed by atoms with van der Waals surface area (Å²) in [6, 6.07) is 36.7. The van der Waals surface area contributed by atoms with E-state index in [4.69, 9.17) is 9.40 Å². The van der Waals surface area contributed by atoms with Crippen molar-refractivity contribution in [1.82, 2.24) is 4.98 Å². The van der Waals surface area contributed by atoms with Crippen LogP contribution in [0.1, 0.15) is 25.0 Å². The zero-order chi connectivity index (χ0) is 24.0. The highest BCUT2D eigenvalue weighted by Gasteiger charge is 2.39. The largest absolute Gasteiger partial charge is 0.456 e. The minimum atomic E-state index is -0.192. The summed E-state index contributed by atoms with van der Waals surface area (Å²) in [4.78, 5) is 5.25. The molecular weight excluding hydrogens is 438 g/mol. The molecule has 2 heteroatoms. The van der Waals surface area contributed by atoms with E-state index in [0.717, 1.165) is 22.4 Å². The van der Waals surface area contributed by atoms with Crippen molar-refractivity contribution in [1.29, 1.82) is 0 Å². The number of furan rings is 1. The second-order valence-corrected chi connectivity index (χ2v) is 10.4. The van der Waals surface area contributed by atoms with Crippen molar-refractivity contribution in [3.05, 3.63) is 114 Å². The third-order valence-corrected chi connectivity index (χ3v) is 8.03. The summed E-state index contributed by atoms with van der Waals surface area (Å²) in [5.41, 5.74) is 10.2. The lowest BCUT2D eigenvalue weighted by atomic mass is 9.79. The van der Waals surface area contributed by atoms with Gasteiger partial charge in [0.15, 0.2) is 0 Å². The van der Waals surface area contributed by atoms with Gasteiger partial charge in [0, 0.05) is 32.5 Å². The second-order valence-electron chi connectivity index (χ2n) is 10.4. The molecule has 0 amide bonds. The molecule has 0 atom stereocenters. The van der Waals surface area contributed by atoms with Crippen molar-refractivity contribution in [2.75, 3.05) is 0 Å². The third kappa shape index (κ3) is 2.48. The van der Waals surface area contributed by atoms with E-state index in [1.807, 2.05) is 12.1 Å². The molecule has 0 unspecified atom stereocenters. The zero-order valence-corrected chi connectivity index (χ0v) is 20.2. The van der Waals surface area contributed by atoms with Crippen molar-refractivity contribution in [3.8, 4) is 22.4 Å². The van der Waals surface area contributed by atoms with Gasteiger partial charge in [0.2, 0.25) is 0 Å². The first kappa shape index (κ1) is 19.8. The average Bonchev–Trinajstić information content (AvgIpc) is 3.39. The van der Waals surface area contributed by atoms with Crippen LogP contribution in [0.5, 0.6) is 0 Å². The zero-order valence-electron chi connectivity index (χ0n) is 20.2. The summed E-state index contributed by atoms with van der Waals surface area (Å²) >= 11 is 0. The maximum Gasteiger partial charge on any atom is 0.135 e. The Morgan fingerprint density at radius 2 is 1.25 bits per heavy atom. The molecule has 8 rings (SSSR count). The minimum absolute atomic E-state index is 0.192. The summed E-state index contributed by atoms with van der Waals surface area (Å²) in [5, 5.41) is 5.97. The molecule has 0 fully saturated rings. The third-order valence-electron chi connectivity index (χ3n) is 8.03. The molecule has 0 N–H and O–H groups in total. The molecule has 5 aromatic carbocycles. The Bertz CT molecular complexity index is 2030. The summed E-state index contributed by atoms with van der Waals surface area (Å²) < 4.78 is 6.28. The number of hydrogen-bond donors (Lipinski definition) is 0. The van der Waals surface area contributed by atoms with Gasteiger partial charge in [-0.15, -0.1) is 0 Å². The Labute approximate surface area is 208 Å². The van der Waals surface area contributed by atoms with Crippen LogP contribution in [0.3, 0.4) is 0 Å². The number of benzene rings is 5. The van der Waals surface area contributed by atoms with E-state index in [-0.39, 0.29) is 5.41 Å². The molecular formula is C34H23NO. The normalized spacial score (nSPS) is 14.1. The molecule has 2 aromatic heterocycles. The van der Waals surface area contributed by atoms with Gasteiger partial charge in [0.25, 0.3) is 0 Å². The van der Waals surface area contributed by atoms with E-state index >= 15 is 0 Å². The van der Waals surface area contributed by atoms with Gasteiger partial charge < -0.3 is 4.42 Å². The Balaban J connectivity index is 1.46. The first-order valence-electron chi connectivity index (χ1n) is 12.5. The Hall–Kier alpha value is -4.43. The van der Waals surface area contributed by atoms with Gasteiger partial charge in [-0.1, -0.05) is 92.7 Å². The molecule has 7 aromatic rings. The van der Waals surface area contributed by atoms with Crippen LogP contribution in [0.25, 0.3) is 66.0 Å². The molecule has 1 aliphatic carbocycles. The maximum absolute atomic E-state index is 6.28. The fourth-order valence-electron chi connectivity index (χ4n) is 6.40. The number of para-hydroxylation sites is 2. The van der Waals surface area contributed by atoms with Gasteiger partial charge in [-0.3, -0.25) is 0 Å². The SMILES string of the molecule is CC1(C)c2cc3oc4ccccc4c3cc2-c2cccc(-c3nc4ccccc4c4ccccc34)c21. The lowest BCUT2D eigenvalue weighted by Crippen LogP contribution is -2.16. The molecule has 0 saturated heterocycles. The predicted octanol–water partition coefficient (Wildman–Crippen LogP) is 9.26. The van der Waals surface area contributed by atoms with Crippen LogP contribution in [0.4, 0.5) is 0 Å². The van der Waals surface area contributed by atoms with Gasteiger partial charge in [-0.05, 0) is 51.9 Å². The molecule has 36 heavy (non-hydrogen) atoms. The fraction of sp³-hybridized carbons (Fsp3) is 0.0882. The summed E-state index contributed by atoms with van der Waals surface area (Å²) in [5.74, 6) is 0. The number of nitrogens with zero attached hydrogens (tertiary/aromatic N) is 1. The van der Waals surface area contributed by atoms with Crippen LogP contribution in [0.15, 0.2) is 108 Å². The van der Waals surface area contributed by atoms with Crippen molar-refractivity contribution in [3.63, 3.8) is 0 Å². The quantitative estimate of drug-likeness (QED) is 0.228. The van der Waals surface area contributed by atoms with Crippen LogP contribution in [0.2, 0.25) is 0 Å². The van der Waals surface area contributed by atoms with Gasteiger partial charge >= 0.3 is 0 Å². The minimum Gasteiger partial charge on any atom is -0.456 e. The highest BCUT2D eigenvalue weighted by atomic mass is 16.3. The fourth-order valence-corrected chi connectivity index (χ4v) is 6.40. The van der Waals surface area contributed by atoms with Crippen molar-refractivity contribution < 1.29 is 4.42 Å². The van der Waals surface area contributed by atoms with E-state index in [1.54, 1.807) is 0 Å². The summed E-state index contributed by atoms with van der Waals surface area (Å²) in [6.07, 6.45) is 0. The highest BCUT2D eigenvalue weighted by molar-refractivity contribution is 6.12. The Morgan fingerprint density at radius 1 is 0.556 bits per heavy atom. The van der Waals surface area contributed by atoms with Gasteiger partial charge in [0.05, 0.1) is 11.2 Å². The summed E-state index contributed by atoms with van der Waals surface area (Å²) in [7, 11) is 0. The van der Waals surface area contributed by atoms with E-state index in [1.165, 1.54) is 54.7 Å². The number of hydrogen-bond acceptors (Lipinski definition) is 2. The highest BCUT2D eigenvalue weighted by Crippen LogP contribution is 2.54. The van der Waals surface area contributed by atoms with Crippen LogP contribution < -0.4 is 0 Å². The molecule has 0 bridgehead atoms. The van der Waals surface area contributed by atoms with Gasteiger partial charge in [-0.25, -0.2) is 4.98 Å². The summed E-state index contributed by atoms with van der Waals surface area (Å²) in [6.45, 7) is 4.66. The van der Waals surface area contributed by atoms with E-state index in [2.05, 4.69) is 105 Å². The van der Waals surface area contributed by atoms with Crippen LogP contribution >= 0.6 is 0 Å². The molecule has 1 aliphatic rings. The Morgan fingerprint density at radius 3 is 2.11 bits per heavy atom. The van der Waals surface area contributed by atoms with Crippen LogP contribution in [0, 0.1) is 0 Å². The molecule has 0 radical (unpaired) electrons. The monoisotopic (exact) mass is 461 g/mol. The average molecular weight is 462 g/mol. The molecule has 0 saturated carbocycles. The van der Waals surface area contributed by atoms with Crippen LogP contribution in [-0.4, -0.2) is 4.98 Å². The molecule has 2 heterocycles. The number of pyridine rings is 1. The van der Waals surface area contributed by atoms with Crippen molar-refractivity contribution in [2.24, 2.45) is 0 Å². The topological polar surface area (TPSA) is 26.0 Å². The number of aromatic nitrogens is 1. The molecule has 0 aliphatic heterocycles. The second kappa shape index (κ2) is 6.83. The standard InChI is InChI=1S/C34H23NO/c1-34(2)28-19-31-27(22-12-6-8-17-30(22)36-31)18-26(28)23-14-9-15-25(32(23)34)33-24-13-4-3-10-20(24)21-11-5-7-16-29(21)35-33/h3-19H,1-2H3. The van der Waals surface area contributed by atoms with Gasteiger partial charge in [-0.2, -0.15) is 0 Å². The van der Waals surface area contributed by atoms with E-state index < -0.39 is 0 Å². The first-order chi connectivity index (χ1) is 17.6. The number of fused-ring (bicyclic) bond motifs is 9. The molecule has 2 nitrogen and oxygen atoms in total. The number of rotatable bonds is 1. The van der Waals surface area contributed by atoms with Gasteiger partial charge in [0.1, 0.15) is 11.2 Å². The molecule has 170 valence electrons. The van der Waals surface area contributed by atoms with E-state index in [9.17, 15) is 0 Å². The van der Waals surface area contributed by atoms with Crippen LogP contribution in [-0.2, 0) is 5.41 Å². The maximum atomic E-state index is 6.28.